The molecular weight excluding hydrogens is 451 g/mol. The number of aromatic nitrogens is 3. The zero-order valence-electron chi connectivity index (χ0n) is 14.7. The lowest BCUT2D eigenvalue weighted by atomic mass is 10.0. The van der Waals surface area contributed by atoms with Crippen molar-refractivity contribution in [2.24, 2.45) is 7.05 Å². The predicted octanol–water partition coefficient (Wildman–Crippen LogP) is 5.84. The standard InChI is InChI=1S/C19H15BrCl2N4O/c1-8-9(2)23-18(27)14-10(8)4-6-13-17(14)26(3)19(25-13)24-12-7-5-11(20)15(21)16(12)22/h4-7H,1-3H3,(H,23,27)(H,24,25). The summed E-state index contributed by atoms with van der Waals surface area (Å²) in [6.45, 7) is 3.90. The Hall–Kier alpha value is -2.02. The van der Waals surface area contributed by atoms with Crippen molar-refractivity contribution in [3.05, 3.63) is 60.4 Å². The average Bonchev–Trinajstić information content (AvgIpc) is 2.95. The van der Waals surface area contributed by atoms with E-state index in [4.69, 9.17) is 23.2 Å². The van der Waals surface area contributed by atoms with Crippen LogP contribution in [0.25, 0.3) is 21.8 Å². The molecule has 4 aromatic rings. The Labute approximate surface area is 173 Å². The number of aryl methyl sites for hydroxylation is 3. The summed E-state index contributed by atoms with van der Waals surface area (Å²) in [7, 11) is 1.86. The van der Waals surface area contributed by atoms with Gasteiger partial charge in [0.15, 0.2) is 0 Å². The maximum absolute atomic E-state index is 12.7. The molecule has 8 heteroatoms. The minimum atomic E-state index is -0.127. The molecule has 2 heterocycles. The van der Waals surface area contributed by atoms with Crippen LogP contribution in [-0.2, 0) is 7.05 Å². The van der Waals surface area contributed by atoms with Gasteiger partial charge in [0.1, 0.15) is 0 Å². The van der Waals surface area contributed by atoms with Crippen LogP contribution in [0.3, 0.4) is 0 Å². The van der Waals surface area contributed by atoms with Crippen LogP contribution in [0.1, 0.15) is 11.3 Å². The SMILES string of the molecule is Cc1[nH]c(=O)c2c(ccc3nc(Nc4ccc(Br)c(Cl)c4Cl)n(C)c32)c1C. The molecule has 0 saturated carbocycles. The third-order valence-electron chi connectivity index (χ3n) is 4.81. The molecule has 2 aromatic heterocycles. The van der Waals surface area contributed by atoms with Crippen LogP contribution in [0.15, 0.2) is 33.5 Å². The van der Waals surface area contributed by atoms with Gasteiger partial charge in [0.05, 0.1) is 32.2 Å². The first-order valence-corrected chi connectivity index (χ1v) is 9.73. The molecule has 5 nitrogen and oxygen atoms in total. The highest BCUT2D eigenvalue weighted by Gasteiger charge is 2.17. The largest absolute Gasteiger partial charge is 0.326 e. The second-order valence-electron chi connectivity index (χ2n) is 6.40. The van der Waals surface area contributed by atoms with Gasteiger partial charge in [0.25, 0.3) is 5.56 Å². The summed E-state index contributed by atoms with van der Waals surface area (Å²) in [6, 6.07) is 7.49. The second-order valence-corrected chi connectivity index (χ2v) is 8.01. The number of aromatic amines is 1. The third-order valence-corrected chi connectivity index (χ3v) is 6.58. The van der Waals surface area contributed by atoms with Crippen LogP contribution in [0, 0.1) is 13.8 Å². The Morgan fingerprint density at radius 3 is 2.63 bits per heavy atom. The van der Waals surface area contributed by atoms with Gasteiger partial charge in [0.2, 0.25) is 5.95 Å². The summed E-state index contributed by atoms with van der Waals surface area (Å²) in [5.74, 6) is 0.565. The lowest BCUT2D eigenvalue weighted by Crippen LogP contribution is -2.11. The molecule has 0 aliphatic heterocycles. The fourth-order valence-electron chi connectivity index (χ4n) is 3.23. The Kier molecular flexibility index (Phi) is 4.45. The number of hydrogen-bond donors (Lipinski definition) is 2. The van der Waals surface area contributed by atoms with E-state index in [0.29, 0.717) is 31.5 Å². The Morgan fingerprint density at radius 2 is 1.89 bits per heavy atom. The lowest BCUT2D eigenvalue weighted by Gasteiger charge is -2.11. The van der Waals surface area contributed by atoms with Gasteiger partial charge in [-0.15, -0.1) is 0 Å². The van der Waals surface area contributed by atoms with Gasteiger partial charge in [-0.3, -0.25) is 4.79 Å². The van der Waals surface area contributed by atoms with E-state index in [0.717, 1.165) is 27.7 Å². The van der Waals surface area contributed by atoms with Crippen LogP contribution >= 0.6 is 39.1 Å². The molecule has 0 radical (unpaired) electrons. The van der Waals surface area contributed by atoms with Gasteiger partial charge >= 0.3 is 0 Å². The molecule has 0 bridgehead atoms. The number of fused-ring (bicyclic) bond motifs is 3. The number of imidazole rings is 1. The van der Waals surface area contributed by atoms with Crippen molar-refractivity contribution in [2.45, 2.75) is 13.8 Å². The third kappa shape index (κ3) is 2.83. The number of H-pyrrole nitrogens is 1. The molecule has 4 rings (SSSR count). The molecule has 0 atom stereocenters. The molecule has 0 aliphatic carbocycles. The molecule has 0 fully saturated rings. The Balaban J connectivity index is 1.96. The molecule has 2 N–H and O–H groups in total. The average molecular weight is 466 g/mol. The van der Waals surface area contributed by atoms with E-state index in [1.54, 1.807) is 0 Å². The number of anilines is 2. The molecule has 27 heavy (non-hydrogen) atoms. The maximum Gasteiger partial charge on any atom is 0.258 e. The number of hydrogen-bond acceptors (Lipinski definition) is 3. The highest BCUT2D eigenvalue weighted by Crippen LogP contribution is 2.37. The van der Waals surface area contributed by atoms with Crippen molar-refractivity contribution >= 4 is 72.6 Å². The zero-order valence-corrected chi connectivity index (χ0v) is 17.8. The monoisotopic (exact) mass is 464 g/mol. The highest BCUT2D eigenvalue weighted by atomic mass is 79.9. The first-order valence-electron chi connectivity index (χ1n) is 8.18. The smallest absolute Gasteiger partial charge is 0.258 e. The van der Waals surface area contributed by atoms with Crippen LogP contribution < -0.4 is 10.9 Å². The Morgan fingerprint density at radius 1 is 1.15 bits per heavy atom. The quantitative estimate of drug-likeness (QED) is 0.365. The van der Waals surface area contributed by atoms with Gasteiger partial charge < -0.3 is 14.9 Å². The van der Waals surface area contributed by atoms with Crippen LogP contribution in [0.5, 0.6) is 0 Å². The number of halogens is 3. The fraction of sp³-hybridized carbons (Fsp3) is 0.158. The van der Waals surface area contributed by atoms with E-state index in [1.807, 2.05) is 49.7 Å². The van der Waals surface area contributed by atoms with Crippen molar-refractivity contribution in [1.82, 2.24) is 14.5 Å². The predicted molar refractivity (Wildman–Crippen MR) is 116 cm³/mol. The number of nitrogens with one attached hydrogen (secondary N) is 2. The number of pyridine rings is 1. The van der Waals surface area contributed by atoms with E-state index in [9.17, 15) is 4.79 Å². The molecule has 0 spiro atoms. The van der Waals surface area contributed by atoms with Crippen LogP contribution in [0.4, 0.5) is 11.6 Å². The molecule has 2 aromatic carbocycles. The first-order chi connectivity index (χ1) is 12.8. The van der Waals surface area contributed by atoms with E-state index in [1.165, 1.54) is 0 Å². The summed E-state index contributed by atoms with van der Waals surface area (Å²) in [5, 5.41) is 5.57. The van der Waals surface area contributed by atoms with Crippen molar-refractivity contribution in [3.8, 4) is 0 Å². The van der Waals surface area contributed by atoms with Crippen molar-refractivity contribution < 1.29 is 0 Å². The minimum absolute atomic E-state index is 0.127. The normalized spacial score (nSPS) is 11.5. The number of nitrogens with zero attached hydrogens (tertiary/aromatic N) is 2. The molecule has 0 amide bonds. The van der Waals surface area contributed by atoms with Crippen LogP contribution in [-0.4, -0.2) is 14.5 Å². The second kappa shape index (κ2) is 6.55. The fourth-order valence-corrected chi connectivity index (χ4v) is 4.05. The molecular formula is C19H15BrCl2N4O. The molecule has 138 valence electrons. The first kappa shape index (κ1) is 18.3. The Bertz CT molecular complexity index is 1290. The van der Waals surface area contributed by atoms with Gasteiger partial charge in [-0.25, -0.2) is 4.98 Å². The van der Waals surface area contributed by atoms with E-state index in [-0.39, 0.29) is 5.56 Å². The van der Waals surface area contributed by atoms with Gasteiger partial charge in [0, 0.05) is 17.2 Å². The molecule has 0 unspecified atom stereocenters. The summed E-state index contributed by atoms with van der Waals surface area (Å²) >= 11 is 15.9. The van der Waals surface area contributed by atoms with Crippen molar-refractivity contribution in [1.29, 1.82) is 0 Å². The zero-order chi connectivity index (χ0) is 19.5. The lowest BCUT2D eigenvalue weighted by molar-refractivity contribution is 0.960. The molecule has 0 aliphatic rings. The number of benzene rings is 2. The molecule has 0 saturated heterocycles. The minimum Gasteiger partial charge on any atom is -0.326 e. The van der Waals surface area contributed by atoms with Gasteiger partial charge in [-0.05, 0) is 58.9 Å². The van der Waals surface area contributed by atoms with Crippen molar-refractivity contribution in [2.75, 3.05) is 5.32 Å². The highest BCUT2D eigenvalue weighted by molar-refractivity contribution is 9.10. The van der Waals surface area contributed by atoms with E-state index >= 15 is 0 Å². The van der Waals surface area contributed by atoms with Gasteiger partial charge in [-0.1, -0.05) is 29.3 Å². The summed E-state index contributed by atoms with van der Waals surface area (Å²) in [6.07, 6.45) is 0. The summed E-state index contributed by atoms with van der Waals surface area (Å²) in [5.41, 5.74) is 3.90. The maximum atomic E-state index is 12.7. The number of rotatable bonds is 2. The van der Waals surface area contributed by atoms with E-state index < -0.39 is 0 Å². The van der Waals surface area contributed by atoms with Gasteiger partial charge in [-0.2, -0.15) is 0 Å². The summed E-state index contributed by atoms with van der Waals surface area (Å²) < 4.78 is 2.57. The van der Waals surface area contributed by atoms with Crippen LogP contribution in [0.2, 0.25) is 10.0 Å². The van der Waals surface area contributed by atoms with E-state index in [2.05, 4.69) is 31.2 Å². The topological polar surface area (TPSA) is 62.7 Å². The summed E-state index contributed by atoms with van der Waals surface area (Å²) in [4.78, 5) is 20.2. The van der Waals surface area contributed by atoms with Crippen molar-refractivity contribution in [3.63, 3.8) is 0 Å².